The minimum absolute atomic E-state index is 0.00846. The molecule has 1 aromatic heterocycles. The Morgan fingerprint density at radius 1 is 1.11 bits per heavy atom. The molecule has 0 radical (unpaired) electrons. The van der Waals surface area contributed by atoms with Crippen LogP contribution in [0, 0.1) is 0 Å². The molecule has 3 aromatic rings. The van der Waals surface area contributed by atoms with E-state index in [4.69, 9.17) is 25.5 Å². The van der Waals surface area contributed by atoms with E-state index >= 15 is 0 Å². The number of methoxy groups -OCH3 is 2. The summed E-state index contributed by atoms with van der Waals surface area (Å²) >= 11 is 6.88. The molecule has 2 aliphatic heterocycles. The van der Waals surface area contributed by atoms with Crippen LogP contribution in [-0.2, 0) is 0 Å². The van der Waals surface area contributed by atoms with Gasteiger partial charge in [0, 0.05) is 48.3 Å². The van der Waals surface area contributed by atoms with Crippen LogP contribution < -0.4 is 19.8 Å². The molecule has 2 saturated heterocycles. The number of aliphatic hydroxyl groups is 1. The van der Waals surface area contributed by atoms with E-state index in [1.54, 1.807) is 13.2 Å². The fraction of sp³-hybridized carbons (Fsp3) is 0.444. The molecule has 186 valence electrons. The van der Waals surface area contributed by atoms with Crippen molar-refractivity contribution in [2.45, 2.75) is 31.2 Å². The topological polar surface area (TPSA) is 75.4 Å². The maximum Gasteiger partial charge on any atom is 0.197 e. The lowest BCUT2D eigenvalue weighted by Crippen LogP contribution is -2.32. The Kier molecular flexibility index (Phi) is 6.66. The van der Waals surface area contributed by atoms with Gasteiger partial charge in [-0.3, -0.25) is 4.79 Å². The molecule has 3 heterocycles. The molecule has 0 spiro atoms. The van der Waals surface area contributed by atoms with Crippen LogP contribution in [0.3, 0.4) is 0 Å². The fourth-order valence-electron chi connectivity index (χ4n) is 5.63. The van der Waals surface area contributed by atoms with Crippen molar-refractivity contribution in [3.63, 3.8) is 0 Å². The first-order valence-electron chi connectivity index (χ1n) is 12.1. The van der Waals surface area contributed by atoms with Crippen molar-refractivity contribution in [3.05, 3.63) is 51.1 Å². The van der Waals surface area contributed by atoms with Gasteiger partial charge in [-0.2, -0.15) is 0 Å². The number of rotatable bonds is 6. The van der Waals surface area contributed by atoms with Crippen LogP contribution in [0.25, 0.3) is 22.3 Å². The first kappa shape index (κ1) is 24.0. The molecule has 7 nitrogen and oxygen atoms in total. The minimum atomic E-state index is -0.212. The lowest BCUT2D eigenvalue weighted by molar-refractivity contribution is 0.171. The van der Waals surface area contributed by atoms with Crippen LogP contribution in [0.5, 0.6) is 11.5 Å². The molecule has 0 aliphatic carbocycles. The average molecular weight is 499 g/mol. The second-order valence-electron chi connectivity index (χ2n) is 9.33. The second-order valence-corrected chi connectivity index (χ2v) is 9.71. The van der Waals surface area contributed by atoms with Gasteiger partial charge < -0.3 is 28.8 Å². The minimum Gasteiger partial charge on any atom is -0.496 e. The van der Waals surface area contributed by atoms with Gasteiger partial charge in [0.25, 0.3) is 0 Å². The Morgan fingerprint density at radius 3 is 2.54 bits per heavy atom. The van der Waals surface area contributed by atoms with Crippen molar-refractivity contribution in [1.82, 2.24) is 4.90 Å². The van der Waals surface area contributed by atoms with Gasteiger partial charge in [-0.25, -0.2) is 0 Å². The summed E-state index contributed by atoms with van der Waals surface area (Å²) in [5.74, 6) is 1.30. The Balaban J connectivity index is 1.76. The number of hydrogen-bond acceptors (Lipinski definition) is 7. The first-order chi connectivity index (χ1) is 17.0. The summed E-state index contributed by atoms with van der Waals surface area (Å²) in [6.07, 6.45) is 3.07. The van der Waals surface area contributed by atoms with Crippen LogP contribution in [0.2, 0.25) is 5.02 Å². The molecule has 0 bridgehead atoms. The zero-order valence-corrected chi connectivity index (χ0v) is 21.1. The summed E-state index contributed by atoms with van der Waals surface area (Å²) in [5, 5.41) is 11.1. The predicted molar refractivity (Wildman–Crippen MR) is 138 cm³/mol. The summed E-state index contributed by atoms with van der Waals surface area (Å²) in [5.41, 5.74) is 2.61. The highest BCUT2D eigenvalue weighted by molar-refractivity contribution is 6.36. The number of benzene rings is 2. The van der Waals surface area contributed by atoms with E-state index in [1.807, 2.05) is 25.2 Å². The summed E-state index contributed by atoms with van der Waals surface area (Å²) in [6, 6.07) is 8.94. The van der Waals surface area contributed by atoms with Crippen molar-refractivity contribution in [3.8, 4) is 22.8 Å². The van der Waals surface area contributed by atoms with Gasteiger partial charge in [0.2, 0.25) is 0 Å². The predicted octanol–water partition coefficient (Wildman–Crippen LogP) is 4.51. The number of nitrogens with zero attached hydrogens (tertiary/aromatic N) is 2. The van der Waals surface area contributed by atoms with Gasteiger partial charge in [0.05, 0.1) is 31.5 Å². The SMILES string of the molecule is COc1cc(OC)c2c(=O)cc(-c3cccc(N4CCCC4)c3Cl)oc2c1[C@@H]1CCN(C)[C@H]1CO. The molecular weight excluding hydrogens is 468 g/mol. The van der Waals surface area contributed by atoms with Gasteiger partial charge in [0.15, 0.2) is 5.43 Å². The molecule has 2 fully saturated rings. The summed E-state index contributed by atoms with van der Waals surface area (Å²) in [4.78, 5) is 17.9. The maximum atomic E-state index is 13.5. The Morgan fingerprint density at radius 2 is 1.86 bits per heavy atom. The number of likely N-dealkylation sites (tertiary alicyclic amines) is 1. The number of ether oxygens (including phenoxy) is 2. The molecule has 2 aromatic carbocycles. The summed E-state index contributed by atoms with van der Waals surface area (Å²) < 4.78 is 17.8. The molecule has 8 heteroatoms. The lowest BCUT2D eigenvalue weighted by atomic mass is 9.89. The van der Waals surface area contributed by atoms with E-state index < -0.39 is 0 Å². The summed E-state index contributed by atoms with van der Waals surface area (Å²) in [7, 11) is 5.11. The van der Waals surface area contributed by atoms with Crippen molar-refractivity contribution in [1.29, 1.82) is 0 Å². The van der Waals surface area contributed by atoms with Crippen LogP contribution in [0.15, 0.2) is 39.5 Å². The monoisotopic (exact) mass is 498 g/mol. The summed E-state index contributed by atoms with van der Waals surface area (Å²) in [6.45, 7) is 2.73. The third kappa shape index (κ3) is 4.05. The zero-order chi connectivity index (χ0) is 24.7. The number of anilines is 1. The zero-order valence-electron chi connectivity index (χ0n) is 20.3. The smallest absolute Gasteiger partial charge is 0.197 e. The van der Waals surface area contributed by atoms with E-state index in [0.717, 1.165) is 50.1 Å². The van der Waals surface area contributed by atoms with E-state index in [2.05, 4.69) is 9.80 Å². The van der Waals surface area contributed by atoms with Gasteiger partial charge >= 0.3 is 0 Å². The lowest BCUT2D eigenvalue weighted by Gasteiger charge is -2.25. The highest BCUT2D eigenvalue weighted by Gasteiger charge is 2.37. The van der Waals surface area contributed by atoms with Crippen LogP contribution in [-0.4, -0.2) is 63.6 Å². The van der Waals surface area contributed by atoms with E-state index in [9.17, 15) is 9.90 Å². The number of fused-ring (bicyclic) bond motifs is 1. The largest absolute Gasteiger partial charge is 0.496 e. The van der Waals surface area contributed by atoms with Crippen molar-refractivity contribution in [2.75, 3.05) is 52.4 Å². The van der Waals surface area contributed by atoms with Crippen LogP contribution in [0.1, 0.15) is 30.7 Å². The number of likely N-dealkylation sites (N-methyl/N-ethyl adjacent to an activating group) is 1. The maximum absolute atomic E-state index is 13.5. The quantitative estimate of drug-likeness (QED) is 0.536. The second kappa shape index (κ2) is 9.72. The molecule has 2 atom stereocenters. The van der Waals surface area contributed by atoms with Gasteiger partial charge in [-0.15, -0.1) is 0 Å². The number of hydrogen-bond donors (Lipinski definition) is 1. The van der Waals surface area contributed by atoms with Crippen molar-refractivity contribution < 1.29 is 19.0 Å². The third-order valence-electron chi connectivity index (χ3n) is 7.48. The fourth-order valence-corrected chi connectivity index (χ4v) is 5.97. The normalized spacial score (nSPS) is 20.7. The molecular formula is C27H31ClN2O5. The standard InChI is InChI=1S/C27H31ClN2O5/c1-29-12-9-16(19(29)15-31)24-22(33-2)14-23(34-3)25-20(32)13-21(35-27(24)25)17-7-6-8-18(26(17)28)30-10-4-5-11-30/h6-8,13-14,16,19,31H,4-5,9-12,15H2,1-3H3/t16-,19+/m1/s1. The van der Waals surface area contributed by atoms with Gasteiger partial charge in [0.1, 0.15) is 28.2 Å². The Hall–Kier alpha value is -2.74. The highest BCUT2D eigenvalue weighted by atomic mass is 35.5. The number of halogens is 1. The molecule has 5 rings (SSSR count). The van der Waals surface area contributed by atoms with Crippen molar-refractivity contribution in [2.24, 2.45) is 0 Å². The Labute approximate surface area is 209 Å². The van der Waals surface area contributed by atoms with E-state index in [1.165, 1.54) is 13.2 Å². The molecule has 35 heavy (non-hydrogen) atoms. The average Bonchev–Trinajstić information content (AvgIpc) is 3.52. The highest BCUT2D eigenvalue weighted by Crippen LogP contribution is 2.45. The molecule has 0 amide bonds. The molecule has 2 aliphatic rings. The van der Waals surface area contributed by atoms with Crippen molar-refractivity contribution >= 4 is 28.3 Å². The third-order valence-corrected chi connectivity index (χ3v) is 7.88. The molecule has 0 saturated carbocycles. The van der Waals surface area contributed by atoms with E-state index in [0.29, 0.717) is 38.8 Å². The van der Waals surface area contributed by atoms with Gasteiger partial charge in [-0.1, -0.05) is 17.7 Å². The van der Waals surface area contributed by atoms with Crippen LogP contribution >= 0.6 is 11.6 Å². The molecule has 1 N–H and O–H groups in total. The first-order valence-corrected chi connectivity index (χ1v) is 12.4. The number of aliphatic hydroxyl groups excluding tert-OH is 1. The molecule has 0 unspecified atom stereocenters. The Bertz CT molecular complexity index is 1300. The van der Waals surface area contributed by atoms with Crippen LogP contribution in [0.4, 0.5) is 5.69 Å². The van der Waals surface area contributed by atoms with E-state index in [-0.39, 0.29) is 24.0 Å². The van der Waals surface area contributed by atoms with Gasteiger partial charge in [-0.05, 0) is 45.0 Å².